The summed E-state index contributed by atoms with van der Waals surface area (Å²) in [5, 5.41) is 1.62. The number of hydrogen-bond acceptors (Lipinski definition) is 6. The highest BCUT2D eigenvalue weighted by Gasteiger charge is 2.14. The van der Waals surface area contributed by atoms with E-state index in [1.807, 2.05) is 30.3 Å². The Morgan fingerprint density at radius 1 is 0.853 bits per heavy atom. The molecule has 0 bridgehead atoms. The van der Waals surface area contributed by atoms with Crippen LogP contribution in [-0.2, 0) is 0 Å². The molecule has 0 saturated carbocycles. The molecule has 6 heteroatoms. The predicted octanol–water partition coefficient (Wildman–Crippen LogP) is 6.13. The minimum Gasteiger partial charge on any atom is -0.464 e. The minimum atomic E-state index is -0.639. The zero-order chi connectivity index (χ0) is 24.2. The molecule has 0 amide bonds. The van der Waals surface area contributed by atoms with Gasteiger partial charge in [-0.15, -0.1) is 0 Å². The van der Waals surface area contributed by atoms with Crippen molar-refractivity contribution in [1.82, 2.24) is 0 Å². The number of fused-ring (bicyclic) bond motifs is 2. The number of hydrogen-bond donors (Lipinski definition) is 0. The van der Waals surface area contributed by atoms with Crippen LogP contribution in [0.1, 0.15) is 43.6 Å². The van der Waals surface area contributed by atoms with E-state index in [4.69, 9.17) is 8.83 Å². The fourth-order valence-corrected chi connectivity index (χ4v) is 4.26. The third kappa shape index (κ3) is 4.49. The molecule has 0 radical (unpaired) electrons. The zero-order valence-electron chi connectivity index (χ0n) is 20.1. The molecule has 0 spiro atoms. The molecule has 0 aliphatic heterocycles. The summed E-state index contributed by atoms with van der Waals surface area (Å²) in [6.07, 6.45) is 4.70. The summed E-state index contributed by atoms with van der Waals surface area (Å²) in [7, 11) is 0. The van der Waals surface area contributed by atoms with Crippen molar-refractivity contribution in [3.8, 4) is 0 Å². The van der Waals surface area contributed by atoms with Crippen LogP contribution in [0, 0.1) is 0 Å². The number of allylic oxidation sites excluding steroid dienone is 1. The molecule has 0 aliphatic rings. The first-order chi connectivity index (χ1) is 16.5. The maximum absolute atomic E-state index is 12.8. The Morgan fingerprint density at radius 3 is 2.12 bits per heavy atom. The van der Waals surface area contributed by atoms with Crippen LogP contribution in [0.4, 0.5) is 11.4 Å². The van der Waals surface area contributed by atoms with E-state index in [1.54, 1.807) is 18.4 Å². The second-order valence-corrected chi connectivity index (χ2v) is 8.08. The smallest absolute Gasteiger partial charge is 0.347 e. The average molecular weight is 459 g/mol. The summed E-state index contributed by atoms with van der Waals surface area (Å²) in [5.41, 5.74) is 3.46. The van der Waals surface area contributed by atoms with Crippen LogP contribution in [0.3, 0.4) is 0 Å². The molecule has 176 valence electrons. The number of furan rings is 1. The Labute approximate surface area is 199 Å². The summed E-state index contributed by atoms with van der Waals surface area (Å²) in [5.74, 6) is -0.405. The molecule has 0 fully saturated rings. The minimum absolute atomic E-state index is 0.0101. The largest absolute Gasteiger partial charge is 0.464 e. The average Bonchev–Trinajstić information content (AvgIpc) is 3.26. The van der Waals surface area contributed by atoms with Crippen molar-refractivity contribution in [2.45, 2.75) is 27.7 Å². The van der Waals surface area contributed by atoms with E-state index in [0.29, 0.717) is 11.0 Å². The van der Waals surface area contributed by atoms with E-state index in [-0.39, 0.29) is 5.56 Å². The number of carbonyl (C=O) groups is 1. The van der Waals surface area contributed by atoms with E-state index in [1.165, 1.54) is 6.08 Å². The molecule has 2 heterocycles. The van der Waals surface area contributed by atoms with Gasteiger partial charge in [0.05, 0.1) is 6.26 Å². The lowest BCUT2D eigenvalue weighted by atomic mass is 10.1. The molecule has 0 atom stereocenters. The van der Waals surface area contributed by atoms with Crippen molar-refractivity contribution < 1.29 is 13.6 Å². The summed E-state index contributed by atoms with van der Waals surface area (Å²) in [6.45, 7) is 11.9. The predicted molar refractivity (Wildman–Crippen MR) is 139 cm³/mol. The highest BCUT2D eigenvalue weighted by Crippen LogP contribution is 2.27. The summed E-state index contributed by atoms with van der Waals surface area (Å²) < 4.78 is 11.2. The van der Waals surface area contributed by atoms with Crippen LogP contribution in [0.15, 0.2) is 68.4 Å². The Kier molecular flexibility index (Phi) is 6.87. The van der Waals surface area contributed by atoms with Gasteiger partial charge < -0.3 is 18.6 Å². The highest BCUT2D eigenvalue weighted by molar-refractivity contribution is 6.08. The fourth-order valence-electron chi connectivity index (χ4n) is 4.26. The highest BCUT2D eigenvalue weighted by atomic mass is 16.4. The van der Waals surface area contributed by atoms with E-state index in [9.17, 15) is 9.59 Å². The van der Waals surface area contributed by atoms with E-state index in [2.05, 4.69) is 43.6 Å². The molecular weight excluding hydrogens is 428 g/mol. The molecule has 0 saturated heterocycles. The number of anilines is 2. The number of benzene rings is 2. The quantitative estimate of drug-likeness (QED) is 0.171. The Balaban J connectivity index is 1.60. The number of nitrogens with zero attached hydrogens (tertiary/aromatic N) is 2. The molecule has 2 aromatic carbocycles. The number of ketones is 1. The molecule has 2 aromatic heterocycles. The Hall–Kier alpha value is -3.80. The first kappa shape index (κ1) is 23.4. The van der Waals surface area contributed by atoms with Crippen LogP contribution in [0.5, 0.6) is 0 Å². The van der Waals surface area contributed by atoms with Crippen molar-refractivity contribution in [2.24, 2.45) is 0 Å². The van der Waals surface area contributed by atoms with Gasteiger partial charge in [-0.25, -0.2) is 4.79 Å². The molecular formula is C28H30N2O4. The van der Waals surface area contributed by atoms with Crippen molar-refractivity contribution in [3.05, 3.63) is 76.4 Å². The third-order valence-corrected chi connectivity index (χ3v) is 6.25. The molecule has 4 aromatic rings. The monoisotopic (exact) mass is 458 g/mol. The van der Waals surface area contributed by atoms with Crippen molar-refractivity contribution in [3.63, 3.8) is 0 Å². The number of carbonyl (C=O) groups excluding carboxylic acids is 1. The van der Waals surface area contributed by atoms with Gasteiger partial charge >= 0.3 is 5.63 Å². The summed E-state index contributed by atoms with van der Waals surface area (Å²) in [4.78, 5) is 29.8. The lowest BCUT2D eigenvalue weighted by Crippen LogP contribution is -2.21. The molecule has 34 heavy (non-hydrogen) atoms. The van der Waals surface area contributed by atoms with Crippen molar-refractivity contribution >= 4 is 45.2 Å². The summed E-state index contributed by atoms with van der Waals surface area (Å²) in [6, 6.07) is 13.4. The van der Waals surface area contributed by atoms with Gasteiger partial charge in [-0.3, -0.25) is 4.79 Å². The molecule has 0 aliphatic carbocycles. The van der Waals surface area contributed by atoms with Gasteiger partial charge in [0.1, 0.15) is 16.7 Å². The Bertz CT molecular complexity index is 1410. The maximum Gasteiger partial charge on any atom is 0.347 e. The molecule has 4 rings (SSSR count). The van der Waals surface area contributed by atoms with Crippen LogP contribution < -0.4 is 15.4 Å². The lowest BCUT2D eigenvalue weighted by Gasteiger charge is -2.20. The van der Waals surface area contributed by atoms with E-state index < -0.39 is 11.4 Å². The first-order valence-corrected chi connectivity index (χ1v) is 11.8. The van der Waals surface area contributed by atoms with Crippen molar-refractivity contribution in [1.29, 1.82) is 0 Å². The second kappa shape index (κ2) is 10.00. The SMILES string of the molecule is CCN(CC)c1ccc2cc(C(=O)C=Cc3coc4cc(N(CC)CC)ccc34)c(=O)oc2c1. The van der Waals surface area contributed by atoms with Gasteiger partial charge in [0.2, 0.25) is 0 Å². The van der Waals surface area contributed by atoms with Crippen molar-refractivity contribution in [2.75, 3.05) is 36.0 Å². The second-order valence-electron chi connectivity index (χ2n) is 8.08. The van der Waals surface area contributed by atoms with Gasteiger partial charge in [0.15, 0.2) is 5.78 Å². The van der Waals surface area contributed by atoms with Crippen LogP contribution in [0.25, 0.3) is 28.0 Å². The van der Waals surface area contributed by atoms with Gasteiger partial charge in [-0.2, -0.15) is 0 Å². The van der Waals surface area contributed by atoms with Gasteiger partial charge in [0, 0.05) is 66.0 Å². The molecule has 0 unspecified atom stereocenters. The van der Waals surface area contributed by atoms with Crippen LogP contribution >= 0.6 is 0 Å². The number of rotatable bonds is 9. The van der Waals surface area contributed by atoms with E-state index in [0.717, 1.165) is 54.1 Å². The maximum atomic E-state index is 12.8. The summed E-state index contributed by atoms with van der Waals surface area (Å²) >= 11 is 0. The molecule has 6 nitrogen and oxygen atoms in total. The lowest BCUT2D eigenvalue weighted by molar-refractivity contribution is 0.104. The van der Waals surface area contributed by atoms with Gasteiger partial charge in [-0.1, -0.05) is 0 Å². The van der Waals surface area contributed by atoms with E-state index >= 15 is 0 Å². The fraction of sp³-hybridized carbons (Fsp3) is 0.286. The van der Waals surface area contributed by atoms with Gasteiger partial charge in [-0.05, 0) is 70.2 Å². The topological polar surface area (TPSA) is 66.9 Å². The zero-order valence-corrected chi connectivity index (χ0v) is 20.1. The van der Waals surface area contributed by atoms with Crippen LogP contribution in [-0.4, -0.2) is 32.0 Å². The van der Waals surface area contributed by atoms with Crippen LogP contribution in [0.2, 0.25) is 0 Å². The first-order valence-electron chi connectivity index (χ1n) is 11.8. The molecule has 0 N–H and O–H groups in total. The Morgan fingerprint density at radius 2 is 1.47 bits per heavy atom. The standard InChI is InChI=1S/C28H30N2O4/c1-5-29(6-2)21-11-9-19-15-24(28(32)34-26(19)16-21)25(31)14-10-20-18-33-27-17-22(12-13-23(20)27)30(7-3)8-4/h9-18H,5-8H2,1-4H3. The van der Waals surface area contributed by atoms with Gasteiger partial charge in [0.25, 0.3) is 0 Å². The normalized spacial score (nSPS) is 11.5. The third-order valence-electron chi connectivity index (χ3n) is 6.25.